The van der Waals surface area contributed by atoms with E-state index in [9.17, 15) is 39.0 Å². The highest BCUT2D eigenvalue weighted by Gasteiger charge is 2.32. The Morgan fingerprint density at radius 1 is 0.927 bits per heavy atom. The number of rotatable bonds is 12. The van der Waals surface area contributed by atoms with Crippen molar-refractivity contribution >= 4 is 35.3 Å². The van der Waals surface area contributed by atoms with Crippen LogP contribution in [0.25, 0.3) is 0 Å². The molecule has 14 heteroatoms. The molecule has 0 saturated carbocycles. The van der Waals surface area contributed by atoms with Crippen molar-refractivity contribution in [3.63, 3.8) is 0 Å². The number of amides is 5. The second kappa shape index (κ2) is 17.0. The first-order chi connectivity index (χ1) is 19.5. The van der Waals surface area contributed by atoms with Crippen molar-refractivity contribution < 1.29 is 41.8 Å². The third-order valence-corrected chi connectivity index (χ3v) is 6.86. The van der Waals surface area contributed by atoms with E-state index in [2.05, 4.69) is 21.3 Å². The molecule has 41 heavy (non-hydrogen) atoms. The number of Topliss-reactive ketones (excluding diaryl/α,β-unsaturated/α-hetero) is 1. The maximum Gasteiger partial charge on any atom is 0.245 e. The van der Waals surface area contributed by atoms with Crippen molar-refractivity contribution in [1.82, 2.24) is 21.3 Å². The van der Waals surface area contributed by atoms with Crippen LogP contribution >= 0.6 is 0 Å². The van der Waals surface area contributed by atoms with Crippen LogP contribution < -0.4 is 32.7 Å². The summed E-state index contributed by atoms with van der Waals surface area (Å²) >= 11 is 0. The van der Waals surface area contributed by atoms with Crippen molar-refractivity contribution in [2.24, 2.45) is 17.4 Å². The Bertz CT molecular complexity index is 1080. The van der Waals surface area contributed by atoms with Gasteiger partial charge in [0.25, 0.3) is 0 Å². The first kappa shape index (κ1) is 33.3. The van der Waals surface area contributed by atoms with Gasteiger partial charge in [-0.3, -0.25) is 34.1 Å². The largest absolute Gasteiger partial charge is 0.394 e. The maximum absolute atomic E-state index is 13.2. The topological polar surface area (TPSA) is 243 Å². The van der Waals surface area contributed by atoms with E-state index in [1.807, 2.05) is 0 Å². The lowest BCUT2D eigenvalue weighted by Gasteiger charge is -2.26. The highest BCUT2D eigenvalue weighted by atomic mass is 16.3. The van der Waals surface area contributed by atoms with Gasteiger partial charge in [0.05, 0.1) is 19.3 Å². The molecule has 0 spiro atoms. The fourth-order valence-corrected chi connectivity index (χ4v) is 4.45. The van der Waals surface area contributed by atoms with Gasteiger partial charge in [-0.15, -0.1) is 0 Å². The zero-order valence-corrected chi connectivity index (χ0v) is 22.8. The Balaban J connectivity index is 0.00000882. The second-order valence-electron chi connectivity index (χ2n) is 10.0. The fourth-order valence-electron chi connectivity index (χ4n) is 4.45. The van der Waals surface area contributed by atoms with Crippen molar-refractivity contribution in [1.29, 1.82) is 0 Å². The van der Waals surface area contributed by atoms with Crippen molar-refractivity contribution in [2.75, 3.05) is 19.8 Å². The molecule has 2 rings (SSSR count). The van der Waals surface area contributed by atoms with Crippen molar-refractivity contribution in [2.45, 2.75) is 69.1 Å². The van der Waals surface area contributed by atoms with Gasteiger partial charge in [-0.25, -0.2) is 0 Å². The molecule has 1 aromatic carbocycles. The van der Waals surface area contributed by atoms with Gasteiger partial charge >= 0.3 is 0 Å². The smallest absolute Gasteiger partial charge is 0.245 e. The summed E-state index contributed by atoms with van der Waals surface area (Å²) in [6.07, 6.45) is 1.03. The number of ketones is 1. The van der Waals surface area contributed by atoms with Gasteiger partial charge in [-0.2, -0.15) is 0 Å². The Morgan fingerprint density at radius 2 is 1.59 bits per heavy atom. The molecule has 2 unspecified atom stereocenters. The minimum absolute atomic E-state index is 0. The lowest BCUT2D eigenvalue weighted by Crippen LogP contribution is -2.56. The molecule has 230 valence electrons. The summed E-state index contributed by atoms with van der Waals surface area (Å²) in [7, 11) is 0. The minimum atomic E-state index is -1.42. The number of carbonyl (C=O) groups is 6. The molecule has 1 saturated heterocycles. The lowest BCUT2D eigenvalue weighted by atomic mass is 9.90. The summed E-state index contributed by atoms with van der Waals surface area (Å²) in [6.45, 7) is -1.08. The summed E-state index contributed by atoms with van der Waals surface area (Å²) < 4.78 is 0. The molecule has 14 nitrogen and oxygen atoms in total. The summed E-state index contributed by atoms with van der Waals surface area (Å²) in [4.78, 5) is 75.1. The molecular formula is C27H44N6O8. The fraction of sp³-hybridized carbons (Fsp3) is 0.556. The number of nitrogens with two attached hydrogens (primary N) is 2. The van der Waals surface area contributed by atoms with Crippen LogP contribution in [0.2, 0.25) is 0 Å². The van der Waals surface area contributed by atoms with Crippen molar-refractivity contribution in [3.05, 3.63) is 35.9 Å². The normalized spacial score (nSPS) is 20.7. The lowest BCUT2D eigenvalue weighted by molar-refractivity contribution is -0.135. The SMILES string of the molecule is NC(=O)[C@H](Cc1ccccc1)NC(=O)[C@H](CO)NC(=O)C1CCCCNC(=O)CCC(N[C@@H](CO)C(N)=O)C(=O)C1.[HH].[HH]. The van der Waals surface area contributed by atoms with Crippen LogP contribution in [-0.2, 0) is 35.2 Å². The molecule has 5 atom stereocenters. The molecular weight excluding hydrogens is 536 g/mol. The maximum atomic E-state index is 13.2. The number of carbonyl (C=O) groups excluding carboxylic acids is 6. The monoisotopic (exact) mass is 580 g/mol. The molecule has 0 aliphatic carbocycles. The Hall–Kier alpha value is -3.88. The predicted molar refractivity (Wildman–Crippen MR) is 151 cm³/mol. The van der Waals surface area contributed by atoms with Crippen LogP contribution in [0, 0.1) is 5.92 Å². The third-order valence-electron chi connectivity index (χ3n) is 6.86. The number of hydrogen-bond acceptors (Lipinski definition) is 9. The van der Waals surface area contributed by atoms with Gasteiger partial charge in [0.2, 0.25) is 29.5 Å². The molecule has 5 amide bonds. The van der Waals surface area contributed by atoms with Gasteiger partial charge in [0.15, 0.2) is 5.78 Å². The highest BCUT2D eigenvalue weighted by molar-refractivity contribution is 5.94. The molecule has 0 bridgehead atoms. The molecule has 1 fully saturated rings. The van der Waals surface area contributed by atoms with E-state index >= 15 is 0 Å². The van der Waals surface area contributed by atoms with E-state index in [1.165, 1.54) is 0 Å². The van der Waals surface area contributed by atoms with Crippen LogP contribution in [0.3, 0.4) is 0 Å². The quantitative estimate of drug-likeness (QED) is 0.131. The van der Waals surface area contributed by atoms with Gasteiger partial charge in [0, 0.05) is 34.6 Å². The van der Waals surface area contributed by atoms with E-state index in [0.717, 1.165) is 5.56 Å². The van der Waals surface area contributed by atoms with Crippen LogP contribution in [0.5, 0.6) is 0 Å². The van der Waals surface area contributed by atoms with Gasteiger partial charge in [0.1, 0.15) is 18.1 Å². The Morgan fingerprint density at radius 3 is 2.20 bits per heavy atom. The standard InChI is InChI=1S/C27H40N6O8.2H2/c28-24(38)19(12-16-6-2-1-3-7-16)32-27(41)21(15-35)33-26(40)17-8-4-5-11-30-23(37)10-9-18(22(36)13-17)31-20(14-34)25(29)39;;/h1-3,6-7,17-21,31,34-35H,4-5,8-15H2,(H2,28,38)(H2,29,39)(H,30,37)(H,32,41)(H,33,40);2*1H/t17?,18?,19-,20-,21-;;/m0../s1. The van der Waals surface area contributed by atoms with Crippen molar-refractivity contribution in [3.8, 4) is 0 Å². The third kappa shape index (κ3) is 11.3. The first-order valence-electron chi connectivity index (χ1n) is 13.6. The number of primary amides is 2. The molecule has 1 aliphatic heterocycles. The zero-order chi connectivity index (χ0) is 30.4. The average Bonchev–Trinajstić information content (AvgIpc) is 2.94. The summed E-state index contributed by atoms with van der Waals surface area (Å²) in [6, 6.07) is 4.05. The first-order valence-corrected chi connectivity index (χ1v) is 13.6. The summed E-state index contributed by atoms with van der Waals surface area (Å²) in [5, 5.41) is 29.6. The second-order valence-corrected chi connectivity index (χ2v) is 10.0. The van der Waals surface area contributed by atoms with E-state index < -0.39 is 72.7 Å². The molecule has 1 aromatic rings. The van der Waals surface area contributed by atoms with Crippen LogP contribution in [0.4, 0.5) is 0 Å². The van der Waals surface area contributed by atoms with Crippen LogP contribution in [0.1, 0.15) is 46.9 Å². The summed E-state index contributed by atoms with van der Waals surface area (Å²) in [5.41, 5.74) is 11.5. The van der Waals surface area contributed by atoms with Crippen LogP contribution in [-0.4, -0.2) is 89.5 Å². The molecule has 0 radical (unpaired) electrons. The minimum Gasteiger partial charge on any atom is -0.394 e. The zero-order valence-electron chi connectivity index (χ0n) is 22.8. The van der Waals surface area contributed by atoms with E-state index in [1.54, 1.807) is 30.3 Å². The van der Waals surface area contributed by atoms with Crippen LogP contribution in [0.15, 0.2) is 30.3 Å². The van der Waals surface area contributed by atoms with Gasteiger partial charge in [-0.05, 0) is 24.8 Å². The molecule has 0 aromatic heterocycles. The molecule has 10 N–H and O–H groups in total. The molecule has 1 heterocycles. The predicted octanol–water partition coefficient (Wildman–Crippen LogP) is -2.37. The van der Waals surface area contributed by atoms with E-state index in [-0.39, 0.29) is 40.9 Å². The number of hydrogen-bond donors (Lipinski definition) is 8. The Labute approximate surface area is 240 Å². The number of aliphatic hydroxyl groups is 2. The number of aliphatic hydroxyl groups excluding tert-OH is 2. The summed E-state index contributed by atoms with van der Waals surface area (Å²) in [5.74, 6) is -4.84. The average molecular weight is 581 g/mol. The van der Waals surface area contributed by atoms with Gasteiger partial charge in [-0.1, -0.05) is 36.8 Å². The molecule has 1 aliphatic rings. The Kier molecular flexibility index (Phi) is 13.9. The number of benzene rings is 1. The van der Waals surface area contributed by atoms with E-state index in [4.69, 9.17) is 11.5 Å². The number of nitrogens with one attached hydrogen (secondary N) is 4. The van der Waals surface area contributed by atoms with Gasteiger partial charge < -0.3 is 37.6 Å². The highest BCUT2D eigenvalue weighted by Crippen LogP contribution is 2.18. The van der Waals surface area contributed by atoms with E-state index in [0.29, 0.717) is 19.4 Å².